The van der Waals surface area contributed by atoms with Crippen molar-refractivity contribution in [2.24, 2.45) is 0 Å². The predicted octanol–water partition coefficient (Wildman–Crippen LogP) is 2.34. The molecule has 0 saturated heterocycles. The Kier molecular flexibility index (Phi) is 3.37. The minimum Gasteiger partial charge on any atom is -0.293 e. The van der Waals surface area contributed by atoms with Gasteiger partial charge in [0.25, 0.3) is 5.69 Å². The zero-order valence-electron chi connectivity index (χ0n) is 7.44. The third kappa shape index (κ3) is 2.76. The second-order valence-corrected chi connectivity index (χ2v) is 3.15. The van der Waals surface area contributed by atoms with Gasteiger partial charge in [-0.1, -0.05) is 11.6 Å². The Morgan fingerprint density at radius 1 is 1.53 bits per heavy atom. The van der Waals surface area contributed by atoms with Gasteiger partial charge in [-0.3, -0.25) is 14.9 Å². The number of non-ortho nitro benzene ring substituents is 1. The number of nitriles is 1. The lowest BCUT2D eigenvalue weighted by Crippen LogP contribution is -1.99. The molecular weight excluding hydrogens is 220 g/mol. The summed E-state index contributed by atoms with van der Waals surface area (Å²) in [5, 5.41) is 18.9. The van der Waals surface area contributed by atoms with E-state index in [1.165, 1.54) is 6.07 Å². The number of halogens is 1. The molecule has 1 aromatic carbocycles. The third-order valence-electron chi connectivity index (χ3n) is 1.65. The molecule has 0 spiro atoms. The molecule has 76 valence electrons. The molecule has 0 heterocycles. The Bertz CT molecular complexity index is 465. The molecule has 0 N–H and O–H groups in total. The van der Waals surface area contributed by atoms with Crippen LogP contribution in [0.4, 0.5) is 5.69 Å². The molecule has 0 saturated carbocycles. The van der Waals surface area contributed by atoms with E-state index < -0.39 is 10.7 Å². The predicted molar refractivity (Wildman–Crippen MR) is 52.7 cm³/mol. The summed E-state index contributed by atoms with van der Waals surface area (Å²) in [6.07, 6.45) is -0.322. The fraction of sp³-hybridized carbons (Fsp3) is 0.111. The zero-order valence-corrected chi connectivity index (χ0v) is 8.19. The molecule has 1 rings (SSSR count). The Hall–Kier alpha value is -1.93. The van der Waals surface area contributed by atoms with Crippen molar-refractivity contribution in [1.82, 2.24) is 0 Å². The molecule has 0 aliphatic heterocycles. The van der Waals surface area contributed by atoms with Crippen LogP contribution in [0.3, 0.4) is 0 Å². The first-order chi connectivity index (χ1) is 7.04. The smallest absolute Gasteiger partial charge is 0.271 e. The zero-order chi connectivity index (χ0) is 11.4. The number of hydrogen-bond acceptors (Lipinski definition) is 4. The molecule has 0 aromatic heterocycles. The maximum atomic E-state index is 11.3. The van der Waals surface area contributed by atoms with Crippen molar-refractivity contribution in [3.05, 3.63) is 38.9 Å². The minimum absolute atomic E-state index is 0.0794. The highest BCUT2D eigenvalue weighted by Gasteiger charge is 2.13. The Morgan fingerprint density at radius 3 is 2.73 bits per heavy atom. The van der Waals surface area contributed by atoms with Crippen molar-refractivity contribution in [2.45, 2.75) is 6.42 Å². The summed E-state index contributed by atoms with van der Waals surface area (Å²) in [4.78, 5) is 21.1. The van der Waals surface area contributed by atoms with E-state index in [0.717, 1.165) is 12.1 Å². The number of carbonyl (C=O) groups is 1. The van der Waals surface area contributed by atoms with Gasteiger partial charge in [-0.25, -0.2) is 0 Å². The first-order valence-electron chi connectivity index (χ1n) is 3.89. The summed E-state index contributed by atoms with van der Waals surface area (Å²) in [7, 11) is 0. The van der Waals surface area contributed by atoms with Crippen molar-refractivity contribution in [1.29, 1.82) is 5.26 Å². The van der Waals surface area contributed by atoms with Crippen LogP contribution < -0.4 is 0 Å². The van der Waals surface area contributed by atoms with Crippen molar-refractivity contribution in [3.63, 3.8) is 0 Å². The van der Waals surface area contributed by atoms with Crippen LogP contribution in [0, 0.1) is 21.4 Å². The number of hydrogen-bond donors (Lipinski definition) is 0. The standard InChI is InChI=1S/C9H5ClN2O3/c10-7-3-6(9(13)1-2-11)4-8(5-7)12(14)15/h3-5H,1H2. The number of nitro benzene ring substituents is 1. The Labute approximate surface area is 90.0 Å². The number of carbonyl (C=O) groups excluding carboxylic acids is 1. The van der Waals surface area contributed by atoms with Gasteiger partial charge in [0.1, 0.15) is 0 Å². The average molecular weight is 225 g/mol. The Balaban J connectivity index is 3.15. The van der Waals surface area contributed by atoms with E-state index in [2.05, 4.69) is 0 Å². The lowest BCUT2D eigenvalue weighted by Gasteiger charge is -1.98. The van der Waals surface area contributed by atoms with Crippen LogP contribution in [0.1, 0.15) is 16.8 Å². The highest BCUT2D eigenvalue weighted by molar-refractivity contribution is 6.31. The van der Waals surface area contributed by atoms with E-state index in [4.69, 9.17) is 16.9 Å². The number of Topliss-reactive ketones (excluding diaryl/α,β-unsaturated/α-hetero) is 1. The molecule has 5 nitrogen and oxygen atoms in total. The SMILES string of the molecule is N#CCC(=O)c1cc(Cl)cc([N+](=O)[O-])c1. The molecule has 0 unspecified atom stereocenters. The molecular formula is C9H5ClN2O3. The largest absolute Gasteiger partial charge is 0.293 e. The molecule has 0 fully saturated rings. The summed E-state index contributed by atoms with van der Waals surface area (Å²) in [6, 6.07) is 5.22. The molecule has 0 atom stereocenters. The average Bonchev–Trinajstić information content (AvgIpc) is 2.17. The topological polar surface area (TPSA) is 84.0 Å². The van der Waals surface area contributed by atoms with Crippen LogP contribution in [-0.2, 0) is 0 Å². The molecule has 0 radical (unpaired) electrons. The molecule has 0 bridgehead atoms. The van der Waals surface area contributed by atoms with Crippen molar-refractivity contribution >= 4 is 23.1 Å². The third-order valence-corrected chi connectivity index (χ3v) is 1.87. The van der Waals surface area contributed by atoms with Crippen LogP contribution in [0.15, 0.2) is 18.2 Å². The first-order valence-corrected chi connectivity index (χ1v) is 4.27. The van der Waals surface area contributed by atoms with E-state index in [-0.39, 0.29) is 22.7 Å². The normalized spacial score (nSPS) is 9.33. The molecule has 0 aliphatic rings. The number of benzene rings is 1. The van der Waals surface area contributed by atoms with Gasteiger partial charge in [-0.15, -0.1) is 0 Å². The number of rotatable bonds is 3. The summed E-state index contributed by atoms with van der Waals surface area (Å²) < 4.78 is 0. The molecule has 6 heteroatoms. The minimum atomic E-state index is -0.644. The summed E-state index contributed by atoms with van der Waals surface area (Å²) in [5.41, 5.74) is -0.181. The highest BCUT2D eigenvalue weighted by Crippen LogP contribution is 2.21. The maximum absolute atomic E-state index is 11.3. The molecule has 0 amide bonds. The van der Waals surface area contributed by atoms with Crippen molar-refractivity contribution < 1.29 is 9.72 Å². The summed E-state index contributed by atoms with van der Waals surface area (Å²) in [5.74, 6) is -0.483. The second-order valence-electron chi connectivity index (χ2n) is 2.71. The van der Waals surface area contributed by atoms with Crippen molar-refractivity contribution in [3.8, 4) is 6.07 Å². The second kappa shape index (κ2) is 4.53. The van der Waals surface area contributed by atoms with Crippen LogP contribution in [-0.4, -0.2) is 10.7 Å². The van der Waals surface area contributed by atoms with Gasteiger partial charge in [0.05, 0.1) is 17.4 Å². The summed E-state index contributed by atoms with van der Waals surface area (Å²) >= 11 is 5.60. The molecule has 1 aromatic rings. The van der Waals surface area contributed by atoms with Gasteiger partial charge in [-0.2, -0.15) is 5.26 Å². The van der Waals surface area contributed by atoms with E-state index in [0.29, 0.717) is 0 Å². The van der Waals surface area contributed by atoms with E-state index in [1.807, 2.05) is 0 Å². The van der Waals surface area contributed by atoms with Crippen LogP contribution in [0.2, 0.25) is 5.02 Å². The van der Waals surface area contributed by atoms with Gasteiger partial charge in [0.15, 0.2) is 5.78 Å². The van der Waals surface area contributed by atoms with E-state index >= 15 is 0 Å². The fourth-order valence-electron chi connectivity index (χ4n) is 1.01. The lowest BCUT2D eigenvalue weighted by molar-refractivity contribution is -0.384. The monoisotopic (exact) mass is 224 g/mol. The fourth-order valence-corrected chi connectivity index (χ4v) is 1.24. The van der Waals surface area contributed by atoms with Gasteiger partial charge < -0.3 is 0 Å². The van der Waals surface area contributed by atoms with Crippen LogP contribution in [0.25, 0.3) is 0 Å². The summed E-state index contributed by atoms with van der Waals surface area (Å²) in [6.45, 7) is 0. The van der Waals surface area contributed by atoms with Gasteiger partial charge in [0, 0.05) is 22.7 Å². The quantitative estimate of drug-likeness (QED) is 0.448. The number of nitrogens with zero attached hydrogens (tertiary/aromatic N) is 2. The number of ketones is 1. The van der Waals surface area contributed by atoms with E-state index in [9.17, 15) is 14.9 Å². The van der Waals surface area contributed by atoms with Gasteiger partial charge in [0.2, 0.25) is 0 Å². The molecule has 0 aliphatic carbocycles. The van der Waals surface area contributed by atoms with Crippen LogP contribution >= 0.6 is 11.6 Å². The molecule has 15 heavy (non-hydrogen) atoms. The first kappa shape index (κ1) is 11.1. The van der Waals surface area contributed by atoms with Crippen molar-refractivity contribution in [2.75, 3.05) is 0 Å². The number of nitro groups is 1. The van der Waals surface area contributed by atoms with E-state index in [1.54, 1.807) is 6.07 Å². The van der Waals surface area contributed by atoms with Gasteiger partial charge in [-0.05, 0) is 6.07 Å². The lowest BCUT2D eigenvalue weighted by atomic mass is 10.1. The highest BCUT2D eigenvalue weighted by atomic mass is 35.5. The Morgan fingerprint density at radius 2 is 2.20 bits per heavy atom. The van der Waals surface area contributed by atoms with Crippen LogP contribution in [0.5, 0.6) is 0 Å². The van der Waals surface area contributed by atoms with Gasteiger partial charge >= 0.3 is 0 Å². The maximum Gasteiger partial charge on any atom is 0.271 e.